The van der Waals surface area contributed by atoms with Crippen LogP contribution in [0.25, 0.3) is 0 Å². The van der Waals surface area contributed by atoms with E-state index >= 15 is 0 Å². The molecule has 0 aliphatic rings. The van der Waals surface area contributed by atoms with Gasteiger partial charge in [-0.05, 0) is 44.9 Å². The van der Waals surface area contributed by atoms with Gasteiger partial charge in [0.15, 0.2) is 0 Å². The van der Waals surface area contributed by atoms with E-state index in [9.17, 15) is 15.0 Å². The molecule has 284 valence electrons. The zero-order valence-electron chi connectivity index (χ0n) is 32.5. The molecule has 0 spiro atoms. The standard InChI is InChI=1S/C44H85NO3/c1-3-5-7-9-11-13-15-17-19-21-22-24-25-27-29-31-33-35-37-39-43(47)42(41-46)45-44(48)40-38-36-34-32-30-28-26-23-20-18-16-14-12-10-8-6-4-2/h18,20,37,39,42-43,46-47H,3-17,19,21-36,38,40-41H2,1-2H3,(H,45,48)/b20-18-,39-37+. The van der Waals surface area contributed by atoms with Crippen molar-refractivity contribution in [3.63, 3.8) is 0 Å². The molecule has 0 radical (unpaired) electrons. The molecule has 3 N–H and O–H groups in total. The van der Waals surface area contributed by atoms with Gasteiger partial charge in [0.1, 0.15) is 0 Å². The maximum absolute atomic E-state index is 12.4. The topological polar surface area (TPSA) is 69.6 Å². The molecule has 0 fully saturated rings. The third kappa shape index (κ3) is 36.2. The molecule has 0 rings (SSSR count). The molecule has 0 aromatic rings. The minimum atomic E-state index is -0.838. The number of hydrogen-bond donors (Lipinski definition) is 3. The summed E-state index contributed by atoms with van der Waals surface area (Å²) in [6, 6.07) is -0.621. The van der Waals surface area contributed by atoms with Crippen LogP contribution in [0.15, 0.2) is 24.3 Å². The highest BCUT2D eigenvalue weighted by molar-refractivity contribution is 5.76. The van der Waals surface area contributed by atoms with E-state index in [0.29, 0.717) is 6.42 Å². The van der Waals surface area contributed by atoms with Gasteiger partial charge in [-0.1, -0.05) is 205 Å². The van der Waals surface area contributed by atoms with Crippen molar-refractivity contribution < 1.29 is 15.0 Å². The van der Waals surface area contributed by atoms with Crippen LogP contribution in [0.5, 0.6) is 0 Å². The first-order valence-electron chi connectivity index (χ1n) is 21.6. The van der Waals surface area contributed by atoms with Gasteiger partial charge >= 0.3 is 0 Å². The Morgan fingerprint density at radius 3 is 1.15 bits per heavy atom. The van der Waals surface area contributed by atoms with Crippen molar-refractivity contribution >= 4 is 5.91 Å². The van der Waals surface area contributed by atoms with E-state index in [2.05, 4.69) is 31.3 Å². The number of carbonyl (C=O) groups is 1. The van der Waals surface area contributed by atoms with Crippen LogP contribution in [0.4, 0.5) is 0 Å². The Bertz CT molecular complexity index is 691. The van der Waals surface area contributed by atoms with Crippen molar-refractivity contribution in [2.24, 2.45) is 0 Å². The Hall–Kier alpha value is -1.13. The van der Waals surface area contributed by atoms with Gasteiger partial charge in [-0.3, -0.25) is 4.79 Å². The smallest absolute Gasteiger partial charge is 0.220 e. The molecular weight excluding hydrogens is 590 g/mol. The summed E-state index contributed by atoms with van der Waals surface area (Å²) >= 11 is 0. The summed E-state index contributed by atoms with van der Waals surface area (Å²) in [5.74, 6) is -0.0672. The van der Waals surface area contributed by atoms with Gasteiger partial charge in [0, 0.05) is 6.42 Å². The summed E-state index contributed by atoms with van der Waals surface area (Å²) < 4.78 is 0. The highest BCUT2D eigenvalue weighted by Crippen LogP contribution is 2.15. The second-order valence-electron chi connectivity index (χ2n) is 14.8. The maximum atomic E-state index is 12.4. The van der Waals surface area contributed by atoms with Crippen LogP contribution in [-0.2, 0) is 4.79 Å². The third-order valence-electron chi connectivity index (χ3n) is 9.93. The number of rotatable bonds is 39. The Labute approximate surface area is 300 Å². The van der Waals surface area contributed by atoms with E-state index in [0.717, 1.165) is 25.7 Å². The average molecular weight is 676 g/mol. The molecule has 2 atom stereocenters. The Morgan fingerprint density at radius 1 is 0.479 bits per heavy atom. The Balaban J connectivity index is 3.57. The lowest BCUT2D eigenvalue weighted by atomic mass is 10.0. The van der Waals surface area contributed by atoms with Crippen LogP contribution in [0, 0.1) is 0 Å². The lowest BCUT2D eigenvalue weighted by Crippen LogP contribution is -2.45. The molecule has 4 nitrogen and oxygen atoms in total. The molecule has 2 unspecified atom stereocenters. The van der Waals surface area contributed by atoms with Gasteiger partial charge < -0.3 is 15.5 Å². The highest BCUT2D eigenvalue weighted by Gasteiger charge is 2.17. The number of aliphatic hydroxyl groups excluding tert-OH is 2. The third-order valence-corrected chi connectivity index (χ3v) is 9.93. The molecule has 1 amide bonds. The number of carbonyl (C=O) groups excluding carboxylic acids is 1. The van der Waals surface area contributed by atoms with Crippen LogP contribution in [-0.4, -0.2) is 34.9 Å². The summed E-state index contributed by atoms with van der Waals surface area (Å²) in [5.41, 5.74) is 0. The van der Waals surface area contributed by atoms with E-state index < -0.39 is 12.1 Å². The van der Waals surface area contributed by atoms with Gasteiger partial charge in [0.2, 0.25) is 5.91 Å². The monoisotopic (exact) mass is 676 g/mol. The SMILES string of the molecule is CCCCCCCC/C=C\CCCCCCCCCC(=O)NC(CO)C(O)/C=C/CCCCCCCCCCCCCCCCCCC. The van der Waals surface area contributed by atoms with Crippen molar-refractivity contribution in [1.82, 2.24) is 5.32 Å². The molecule has 0 bridgehead atoms. The van der Waals surface area contributed by atoms with Crippen LogP contribution in [0.3, 0.4) is 0 Å². The van der Waals surface area contributed by atoms with Crippen molar-refractivity contribution in [3.05, 3.63) is 24.3 Å². The van der Waals surface area contributed by atoms with Crippen LogP contribution in [0.2, 0.25) is 0 Å². The van der Waals surface area contributed by atoms with Crippen LogP contribution >= 0.6 is 0 Å². The summed E-state index contributed by atoms with van der Waals surface area (Å²) in [4.78, 5) is 12.4. The van der Waals surface area contributed by atoms with Gasteiger partial charge in [0.25, 0.3) is 0 Å². The molecule has 0 aromatic carbocycles. The van der Waals surface area contributed by atoms with E-state index in [-0.39, 0.29) is 12.5 Å². The van der Waals surface area contributed by atoms with E-state index in [1.807, 2.05) is 6.08 Å². The number of aliphatic hydroxyl groups is 2. The van der Waals surface area contributed by atoms with Gasteiger partial charge in [0.05, 0.1) is 18.8 Å². The number of amides is 1. The molecule has 0 saturated carbocycles. The molecule has 4 heteroatoms. The van der Waals surface area contributed by atoms with Crippen molar-refractivity contribution in [2.45, 2.75) is 244 Å². The molecule has 48 heavy (non-hydrogen) atoms. The molecule has 0 aliphatic carbocycles. The first-order valence-corrected chi connectivity index (χ1v) is 21.6. The molecule has 0 aliphatic heterocycles. The Morgan fingerprint density at radius 2 is 0.792 bits per heavy atom. The van der Waals surface area contributed by atoms with Gasteiger partial charge in [-0.2, -0.15) is 0 Å². The molecule has 0 aromatic heterocycles. The zero-order chi connectivity index (χ0) is 35.0. The predicted octanol–water partition coefficient (Wildman–Crippen LogP) is 13.2. The first-order chi connectivity index (χ1) is 23.7. The van der Waals surface area contributed by atoms with E-state index in [4.69, 9.17) is 0 Å². The summed E-state index contributed by atoms with van der Waals surface area (Å²) in [6.07, 6.45) is 51.3. The van der Waals surface area contributed by atoms with Gasteiger partial charge in [-0.25, -0.2) is 0 Å². The van der Waals surface area contributed by atoms with Crippen LogP contribution in [0.1, 0.15) is 232 Å². The summed E-state index contributed by atoms with van der Waals surface area (Å²) in [6.45, 7) is 4.31. The second kappa shape index (κ2) is 40.3. The molecule has 0 saturated heterocycles. The summed E-state index contributed by atoms with van der Waals surface area (Å²) in [5, 5.41) is 23.0. The minimum absolute atomic E-state index is 0.0672. The quantitative estimate of drug-likeness (QED) is 0.0448. The van der Waals surface area contributed by atoms with Crippen molar-refractivity contribution in [1.29, 1.82) is 0 Å². The lowest BCUT2D eigenvalue weighted by Gasteiger charge is -2.20. The predicted molar refractivity (Wildman–Crippen MR) is 212 cm³/mol. The fourth-order valence-electron chi connectivity index (χ4n) is 6.58. The van der Waals surface area contributed by atoms with Crippen LogP contribution < -0.4 is 5.32 Å². The number of allylic oxidation sites excluding steroid dienone is 3. The van der Waals surface area contributed by atoms with E-state index in [1.165, 1.54) is 186 Å². The highest BCUT2D eigenvalue weighted by atomic mass is 16.3. The largest absolute Gasteiger partial charge is 0.394 e. The fourth-order valence-corrected chi connectivity index (χ4v) is 6.58. The van der Waals surface area contributed by atoms with Crippen molar-refractivity contribution in [3.8, 4) is 0 Å². The summed E-state index contributed by atoms with van der Waals surface area (Å²) in [7, 11) is 0. The number of nitrogens with one attached hydrogen (secondary N) is 1. The fraction of sp³-hybridized carbons (Fsp3) is 0.886. The number of unbranched alkanes of at least 4 members (excludes halogenated alkanes) is 30. The lowest BCUT2D eigenvalue weighted by molar-refractivity contribution is -0.123. The first kappa shape index (κ1) is 46.9. The molecular formula is C44H85NO3. The Kier molecular flexibility index (Phi) is 39.4. The zero-order valence-corrected chi connectivity index (χ0v) is 32.5. The van der Waals surface area contributed by atoms with Crippen molar-refractivity contribution in [2.75, 3.05) is 6.61 Å². The second-order valence-corrected chi connectivity index (χ2v) is 14.8. The number of hydrogen-bond acceptors (Lipinski definition) is 3. The molecule has 0 heterocycles. The minimum Gasteiger partial charge on any atom is -0.394 e. The maximum Gasteiger partial charge on any atom is 0.220 e. The normalized spacial score (nSPS) is 13.2. The average Bonchev–Trinajstić information content (AvgIpc) is 3.09. The van der Waals surface area contributed by atoms with E-state index in [1.54, 1.807) is 6.08 Å². The van der Waals surface area contributed by atoms with Gasteiger partial charge in [-0.15, -0.1) is 0 Å².